The van der Waals surface area contributed by atoms with Gasteiger partial charge in [-0.25, -0.2) is 0 Å². The summed E-state index contributed by atoms with van der Waals surface area (Å²) in [5.41, 5.74) is 2.28. The zero-order valence-corrected chi connectivity index (χ0v) is 19.7. The molecule has 0 aliphatic carbocycles. The predicted molar refractivity (Wildman–Crippen MR) is 133 cm³/mol. The minimum absolute atomic E-state index is 0.0417. The van der Waals surface area contributed by atoms with Gasteiger partial charge in [-0.3, -0.25) is 14.4 Å². The van der Waals surface area contributed by atoms with Gasteiger partial charge in [-0.05, 0) is 68.1 Å². The Kier molecular flexibility index (Phi) is 8.69. The predicted octanol–water partition coefficient (Wildman–Crippen LogP) is 2.55. The van der Waals surface area contributed by atoms with Crippen LogP contribution in [0.2, 0.25) is 0 Å². The molecule has 2 aliphatic heterocycles. The summed E-state index contributed by atoms with van der Waals surface area (Å²) in [4.78, 5) is 37.1. The normalized spacial score (nSPS) is 19.2. The Morgan fingerprint density at radius 2 is 1.40 bits per heavy atom. The van der Waals surface area contributed by atoms with Crippen molar-refractivity contribution >= 4 is 29.1 Å². The summed E-state index contributed by atoms with van der Waals surface area (Å²) in [6.45, 7) is 2.53. The zero-order chi connectivity index (χ0) is 24.5. The van der Waals surface area contributed by atoms with Crippen LogP contribution in [0.25, 0.3) is 0 Å². The molecule has 2 heterocycles. The quantitative estimate of drug-likeness (QED) is 0.415. The van der Waals surface area contributed by atoms with Gasteiger partial charge >= 0.3 is 0 Å². The molecule has 0 spiro atoms. The van der Waals surface area contributed by atoms with Gasteiger partial charge in [0.05, 0.1) is 18.8 Å². The topological polar surface area (TPSA) is 118 Å². The van der Waals surface area contributed by atoms with E-state index >= 15 is 0 Å². The Morgan fingerprint density at radius 3 is 2.00 bits per heavy atom. The molecule has 3 amide bonds. The SMILES string of the molecule is O=C(CNc1ccc(C(=O)NCC2CCCO2)cc1)Nc1cccc(C(=O)NCC2CCCO2)c1. The van der Waals surface area contributed by atoms with Crippen molar-refractivity contribution < 1.29 is 23.9 Å². The molecule has 9 nitrogen and oxygen atoms in total. The number of carbonyl (C=O) groups excluding carboxylic acids is 3. The average Bonchev–Trinajstić information content (AvgIpc) is 3.60. The van der Waals surface area contributed by atoms with E-state index in [0.717, 1.165) is 44.6 Å². The van der Waals surface area contributed by atoms with Gasteiger partial charge in [0.25, 0.3) is 11.8 Å². The van der Waals surface area contributed by atoms with Crippen LogP contribution in [-0.4, -0.2) is 62.8 Å². The molecule has 4 N–H and O–H groups in total. The van der Waals surface area contributed by atoms with E-state index in [1.54, 1.807) is 48.5 Å². The number of nitrogens with one attached hydrogen (secondary N) is 4. The van der Waals surface area contributed by atoms with Crippen LogP contribution in [0.1, 0.15) is 46.4 Å². The van der Waals surface area contributed by atoms with Gasteiger partial charge in [0, 0.05) is 48.8 Å². The van der Waals surface area contributed by atoms with Crippen molar-refractivity contribution in [1.29, 1.82) is 0 Å². The number of amides is 3. The van der Waals surface area contributed by atoms with Gasteiger partial charge in [-0.1, -0.05) is 6.07 Å². The Bertz CT molecular complexity index is 1010. The van der Waals surface area contributed by atoms with Gasteiger partial charge in [0.2, 0.25) is 5.91 Å². The van der Waals surface area contributed by atoms with E-state index in [1.807, 2.05) is 0 Å². The fourth-order valence-corrected chi connectivity index (χ4v) is 4.09. The number of hydrogen-bond donors (Lipinski definition) is 4. The third-order valence-electron chi connectivity index (χ3n) is 6.04. The number of anilines is 2. The van der Waals surface area contributed by atoms with E-state index in [4.69, 9.17) is 9.47 Å². The lowest BCUT2D eigenvalue weighted by molar-refractivity contribution is -0.114. The standard InChI is InChI=1S/C26H32N4O5/c31-24(30-21-5-1-4-19(14-21)26(33)29-16-23-7-3-13-35-23)17-27-20-10-8-18(9-11-20)25(32)28-15-22-6-2-12-34-22/h1,4-5,8-11,14,22-23,27H,2-3,6-7,12-13,15-17H2,(H,28,32)(H,29,33)(H,30,31). The van der Waals surface area contributed by atoms with Crippen molar-refractivity contribution in [3.8, 4) is 0 Å². The molecule has 0 aromatic heterocycles. The van der Waals surface area contributed by atoms with Gasteiger partial charge in [-0.15, -0.1) is 0 Å². The second-order valence-corrected chi connectivity index (χ2v) is 8.75. The highest BCUT2D eigenvalue weighted by Gasteiger charge is 2.18. The summed E-state index contributed by atoms with van der Waals surface area (Å²) in [5.74, 6) is -0.598. The molecule has 2 unspecified atom stereocenters. The molecule has 4 rings (SSSR count). The summed E-state index contributed by atoms with van der Waals surface area (Å²) in [7, 11) is 0. The molecule has 2 aromatic carbocycles. The smallest absolute Gasteiger partial charge is 0.251 e. The first kappa shape index (κ1) is 24.7. The van der Waals surface area contributed by atoms with Crippen LogP contribution in [0.3, 0.4) is 0 Å². The number of hydrogen-bond acceptors (Lipinski definition) is 6. The van der Waals surface area contributed by atoms with Crippen molar-refractivity contribution in [1.82, 2.24) is 10.6 Å². The maximum absolute atomic E-state index is 12.4. The minimum atomic E-state index is -0.250. The third-order valence-corrected chi connectivity index (χ3v) is 6.04. The molecule has 2 fully saturated rings. The molecule has 2 aromatic rings. The summed E-state index contributed by atoms with van der Waals surface area (Å²) < 4.78 is 11.0. The van der Waals surface area contributed by atoms with Crippen LogP contribution in [-0.2, 0) is 14.3 Å². The van der Waals surface area contributed by atoms with E-state index in [0.29, 0.717) is 29.9 Å². The number of rotatable bonds is 10. The minimum Gasteiger partial charge on any atom is -0.376 e. The zero-order valence-electron chi connectivity index (χ0n) is 19.7. The van der Waals surface area contributed by atoms with Crippen LogP contribution >= 0.6 is 0 Å². The lowest BCUT2D eigenvalue weighted by atomic mass is 10.1. The highest BCUT2D eigenvalue weighted by atomic mass is 16.5. The number of ether oxygens (including phenoxy) is 2. The van der Waals surface area contributed by atoms with Gasteiger partial charge in [-0.2, -0.15) is 0 Å². The molecule has 9 heteroatoms. The molecule has 2 aliphatic rings. The van der Waals surface area contributed by atoms with Crippen molar-refractivity contribution in [2.45, 2.75) is 37.9 Å². The molecule has 35 heavy (non-hydrogen) atoms. The Morgan fingerprint density at radius 1 is 0.771 bits per heavy atom. The van der Waals surface area contributed by atoms with E-state index in [1.165, 1.54) is 0 Å². The number of carbonyl (C=O) groups is 3. The first-order valence-electron chi connectivity index (χ1n) is 12.1. The van der Waals surface area contributed by atoms with Crippen molar-refractivity contribution in [3.05, 3.63) is 59.7 Å². The lowest BCUT2D eigenvalue weighted by Gasteiger charge is -2.12. The fraction of sp³-hybridized carbons (Fsp3) is 0.423. The van der Waals surface area contributed by atoms with E-state index in [2.05, 4.69) is 21.3 Å². The fourth-order valence-electron chi connectivity index (χ4n) is 4.09. The second-order valence-electron chi connectivity index (χ2n) is 8.75. The van der Waals surface area contributed by atoms with Crippen LogP contribution in [0.15, 0.2) is 48.5 Å². The maximum Gasteiger partial charge on any atom is 0.251 e. The summed E-state index contributed by atoms with van der Waals surface area (Å²) >= 11 is 0. The molecule has 2 saturated heterocycles. The van der Waals surface area contributed by atoms with Gasteiger partial charge < -0.3 is 30.7 Å². The van der Waals surface area contributed by atoms with Crippen molar-refractivity contribution in [2.75, 3.05) is 43.5 Å². The molecule has 0 radical (unpaired) electrons. The largest absolute Gasteiger partial charge is 0.376 e. The van der Waals surface area contributed by atoms with Gasteiger partial charge in [0.15, 0.2) is 0 Å². The van der Waals surface area contributed by atoms with Crippen LogP contribution in [0.4, 0.5) is 11.4 Å². The average molecular weight is 481 g/mol. The molecule has 0 saturated carbocycles. The van der Waals surface area contributed by atoms with E-state index in [9.17, 15) is 14.4 Å². The van der Waals surface area contributed by atoms with Crippen LogP contribution in [0.5, 0.6) is 0 Å². The second kappa shape index (κ2) is 12.3. The van der Waals surface area contributed by atoms with E-state index < -0.39 is 0 Å². The Balaban J connectivity index is 1.20. The lowest BCUT2D eigenvalue weighted by Crippen LogP contribution is -2.31. The van der Waals surface area contributed by atoms with Crippen molar-refractivity contribution in [2.24, 2.45) is 0 Å². The Hall–Kier alpha value is -3.43. The van der Waals surface area contributed by atoms with E-state index in [-0.39, 0.29) is 36.5 Å². The van der Waals surface area contributed by atoms with Crippen LogP contribution in [0, 0.1) is 0 Å². The maximum atomic E-state index is 12.4. The first-order valence-corrected chi connectivity index (χ1v) is 12.1. The third kappa shape index (κ3) is 7.53. The van der Waals surface area contributed by atoms with Crippen LogP contribution < -0.4 is 21.3 Å². The first-order chi connectivity index (χ1) is 17.1. The molecular formula is C26H32N4O5. The number of benzene rings is 2. The molecule has 186 valence electrons. The summed E-state index contributed by atoms with van der Waals surface area (Å²) in [5, 5.41) is 11.6. The summed E-state index contributed by atoms with van der Waals surface area (Å²) in [6, 6.07) is 13.8. The highest BCUT2D eigenvalue weighted by Crippen LogP contribution is 2.14. The highest BCUT2D eigenvalue weighted by molar-refractivity contribution is 5.98. The monoisotopic (exact) mass is 480 g/mol. The Labute approximate surface area is 204 Å². The molecular weight excluding hydrogens is 448 g/mol. The van der Waals surface area contributed by atoms with Gasteiger partial charge in [0.1, 0.15) is 0 Å². The summed E-state index contributed by atoms with van der Waals surface area (Å²) in [6.07, 6.45) is 4.15. The molecule has 2 atom stereocenters. The molecule has 0 bridgehead atoms. The van der Waals surface area contributed by atoms with Crippen molar-refractivity contribution in [3.63, 3.8) is 0 Å².